The Balaban J connectivity index is 3.16. The van der Waals surface area contributed by atoms with Crippen LogP contribution in [0.4, 0.5) is 0 Å². The fourth-order valence-electron chi connectivity index (χ4n) is 2.72. The van der Waals surface area contributed by atoms with Crippen LogP contribution < -0.4 is 9.47 Å². The lowest BCUT2D eigenvalue weighted by molar-refractivity contribution is -0.143. The summed E-state index contributed by atoms with van der Waals surface area (Å²) < 4.78 is 21.1. The van der Waals surface area contributed by atoms with Crippen LogP contribution in [0, 0.1) is 6.92 Å². The molecule has 142 valence electrons. The summed E-state index contributed by atoms with van der Waals surface area (Å²) in [5.41, 5.74) is 1.72. The van der Waals surface area contributed by atoms with Gasteiger partial charge in [-0.05, 0) is 24.6 Å². The van der Waals surface area contributed by atoms with Crippen LogP contribution in [0.3, 0.4) is 0 Å². The van der Waals surface area contributed by atoms with Gasteiger partial charge in [-0.3, -0.25) is 9.69 Å². The first-order valence-corrected chi connectivity index (χ1v) is 8.14. The second kappa shape index (κ2) is 10.9. The van der Waals surface area contributed by atoms with Crippen molar-refractivity contribution in [3.63, 3.8) is 0 Å². The standard InChI is InChI=1S/C18H29NO6/c1-13-10-16(24-4)14(17(11-13)25-5)12-15(18(20)21)19(6-8-22-2)7-9-23-3/h10-11,15H,6-9,12H2,1-5H3,(H,20,21). The molecule has 0 radical (unpaired) electrons. The SMILES string of the molecule is COCCN(CCOC)C(Cc1c(OC)cc(C)cc1OC)C(=O)O. The molecule has 0 fully saturated rings. The van der Waals surface area contributed by atoms with Gasteiger partial charge >= 0.3 is 5.97 Å². The minimum absolute atomic E-state index is 0.259. The number of aryl methyl sites for hydroxylation is 1. The number of aliphatic carboxylic acids is 1. The van der Waals surface area contributed by atoms with E-state index < -0.39 is 12.0 Å². The number of methoxy groups -OCH3 is 4. The maximum atomic E-state index is 11.9. The first kappa shape index (κ1) is 21.2. The predicted octanol–water partition coefficient (Wildman–Crippen LogP) is 1.60. The van der Waals surface area contributed by atoms with E-state index in [1.807, 2.05) is 24.0 Å². The zero-order chi connectivity index (χ0) is 18.8. The Morgan fingerprint density at radius 3 is 1.88 bits per heavy atom. The molecule has 0 bridgehead atoms. The zero-order valence-electron chi connectivity index (χ0n) is 15.7. The molecule has 1 atom stereocenters. The highest BCUT2D eigenvalue weighted by molar-refractivity contribution is 5.74. The summed E-state index contributed by atoms with van der Waals surface area (Å²) in [6, 6.07) is 3.02. The molecule has 7 heteroatoms. The summed E-state index contributed by atoms with van der Waals surface area (Å²) in [4.78, 5) is 13.8. The molecular formula is C18H29NO6. The molecule has 25 heavy (non-hydrogen) atoms. The van der Waals surface area contributed by atoms with Crippen LogP contribution in [-0.2, 0) is 20.7 Å². The first-order chi connectivity index (χ1) is 12.0. The molecule has 1 rings (SSSR count). The quantitative estimate of drug-likeness (QED) is 0.610. The van der Waals surface area contributed by atoms with Gasteiger partial charge in [0, 0.05) is 39.3 Å². The van der Waals surface area contributed by atoms with Crippen molar-refractivity contribution in [3.05, 3.63) is 23.3 Å². The number of hydrogen-bond acceptors (Lipinski definition) is 6. The monoisotopic (exact) mass is 355 g/mol. The summed E-state index contributed by atoms with van der Waals surface area (Å²) in [5.74, 6) is 0.347. The molecule has 7 nitrogen and oxygen atoms in total. The van der Waals surface area contributed by atoms with Gasteiger partial charge in [0.05, 0.1) is 27.4 Å². The van der Waals surface area contributed by atoms with Gasteiger partial charge in [-0.2, -0.15) is 0 Å². The van der Waals surface area contributed by atoms with Crippen LogP contribution in [0.2, 0.25) is 0 Å². The van der Waals surface area contributed by atoms with Gasteiger partial charge in [-0.15, -0.1) is 0 Å². The highest BCUT2D eigenvalue weighted by Gasteiger charge is 2.28. The van der Waals surface area contributed by atoms with Crippen molar-refractivity contribution in [2.24, 2.45) is 0 Å². The van der Waals surface area contributed by atoms with E-state index in [0.717, 1.165) is 11.1 Å². The Morgan fingerprint density at radius 2 is 1.52 bits per heavy atom. The van der Waals surface area contributed by atoms with Gasteiger partial charge in [0.15, 0.2) is 0 Å². The van der Waals surface area contributed by atoms with E-state index in [9.17, 15) is 9.90 Å². The van der Waals surface area contributed by atoms with E-state index in [1.54, 1.807) is 28.4 Å². The summed E-state index contributed by atoms with van der Waals surface area (Å²) in [6.45, 7) is 3.80. The normalized spacial score (nSPS) is 12.2. The van der Waals surface area contributed by atoms with E-state index >= 15 is 0 Å². The fraction of sp³-hybridized carbons (Fsp3) is 0.611. The van der Waals surface area contributed by atoms with Crippen molar-refractivity contribution in [3.8, 4) is 11.5 Å². The molecule has 0 spiro atoms. The van der Waals surface area contributed by atoms with Crippen LogP contribution in [0.15, 0.2) is 12.1 Å². The van der Waals surface area contributed by atoms with Crippen LogP contribution >= 0.6 is 0 Å². The fourth-order valence-corrected chi connectivity index (χ4v) is 2.72. The highest BCUT2D eigenvalue weighted by Crippen LogP contribution is 2.32. The van der Waals surface area contributed by atoms with Gasteiger partial charge in [0.2, 0.25) is 0 Å². The number of carboxylic acid groups (broad SMARTS) is 1. The number of rotatable bonds is 12. The van der Waals surface area contributed by atoms with Crippen molar-refractivity contribution in [2.75, 3.05) is 54.7 Å². The molecule has 0 aliphatic rings. The minimum Gasteiger partial charge on any atom is -0.496 e. The maximum Gasteiger partial charge on any atom is 0.321 e. The molecule has 0 aliphatic heterocycles. The summed E-state index contributed by atoms with van der Waals surface area (Å²) in [6.07, 6.45) is 0.259. The van der Waals surface area contributed by atoms with Gasteiger partial charge in [-0.25, -0.2) is 0 Å². The summed E-state index contributed by atoms with van der Waals surface area (Å²) in [7, 11) is 6.33. The maximum absolute atomic E-state index is 11.9. The number of carbonyl (C=O) groups is 1. The van der Waals surface area contributed by atoms with Crippen LogP contribution in [0.25, 0.3) is 0 Å². The third-order valence-corrected chi connectivity index (χ3v) is 4.04. The van der Waals surface area contributed by atoms with Gasteiger partial charge in [0.25, 0.3) is 0 Å². The molecule has 1 N–H and O–H groups in total. The van der Waals surface area contributed by atoms with Crippen molar-refractivity contribution in [1.82, 2.24) is 4.90 Å². The summed E-state index contributed by atoms with van der Waals surface area (Å²) >= 11 is 0. The number of carboxylic acids is 1. The van der Waals surface area contributed by atoms with Gasteiger partial charge in [0.1, 0.15) is 17.5 Å². The number of hydrogen-bond donors (Lipinski definition) is 1. The van der Waals surface area contributed by atoms with Crippen LogP contribution in [-0.4, -0.2) is 76.8 Å². The van der Waals surface area contributed by atoms with E-state index in [-0.39, 0.29) is 6.42 Å². The Kier molecular flexibility index (Phi) is 9.26. The van der Waals surface area contributed by atoms with Crippen LogP contribution in [0.1, 0.15) is 11.1 Å². The van der Waals surface area contributed by atoms with E-state index in [2.05, 4.69) is 0 Å². The number of ether oxygens (including phenoxy) is 4. The molecule has 0 saturated carbocycles. The van der Waals surface area contributed by atoms with E-state index in [4.69, 9.17) is 18.9 Å². The molecule has 1 aromatic rings. The number of nitrogens with zero attached hydrogens (tertiary/aromatic N) is 1. The molecule has 0 saturated heterocycles. The lowest BCUT2D eigenvalue weighted by Gasteiger charge is -2.29. The Labute approximate surface area is 149 Å². The summed E-state index contributed by atoms with van der Waals surface area (Å²) in [5, 5.41) is 9.78. The molecule has 0 amide bonds. The third kappa shape index (κ3) is 6.19. The average molecular weight is 355 g/mol. The van der Waals surface area contributed by atoms with E-state index in [0.29, 0.717) is 37.8 Å². The lowest BCUT2D eigenvalue weighted by atomic mass is 10.0. The molecule has 1 aromatic carbocycles. The topological polar surface area (TPSA) is 77.5 Å². The second-order valence-electron chi connectivity index (χ2n) is 5.73. The molecular weight excluding hydrogens is 326 g/mol. The minimum atomic E-state index is -0.906. The average Bonchev–Trinajstić information content (AvgIpc) is 2.60. The smallest absolute Gasteiger partial charge is 0.321 e. The Bertz CT molecular complexity index is 515. The lowest BCUT2D eigenvalue weighted by Crippen LogP contribution is -2.46. The van der Waals surface area contributed by atoms with Crippen molar-refractivity contribution in [1.29, 1.82) is 0 Å². The molecule has 0 heterocycles. The predicted molar refractivity (Wildman–Crippen MR) is 94.7 cm³/mol. The first-order valence-electron chi connectivity index (χ1n) is 8.14. The largest absolute Gasteiger partial charge is 0.496 e. The number of benzene rings is 1. The zero-order valence-corrected chi connectivity index (χ0v) is 15.7. The van der Waals surface area contributed by atoms with Gasteiger partial charge < -0.3 is 24.1 Å². The Morgan fingerprint density at radius 1 is 1.04 bits per heavy atom. The van der Waals surface area contributed by atoms with Crippen molar-refractivity contribution >= 4 is 5.97 Å². The van der Waals surface area contributed by atoms with Crippen molar-refractivity contribution < 1.29 is 28.8 Å². The third-order valence-electron chi connectivity index (χ3n) is 4.04. The molecule has 0 aliphatic carbocycles. The molecule has 1 unspecified atom stereocenters. The Hall–Kier alpha value is -1.83. The van der Waals surface area contributed by atoms with Crippen LogP contribution in [0.5, 0.6) is 11.5 Å². The van der Waals surface area contributed by atoms with Gasteiger partial charge in [-0.1, -0.05) is 0 Å². The second-order valence-corrected chi connectivity index (χ2v) is 5.73. The highest BCUT2D eigenvalue weighted by atomic mass is 16.5. The van der Waals surface area contributed by atoms with E-state index in [1.165, 1.54) is 0 Å². The van der Waals surface area contributed by atoms with Crippen molar-refractivity contribution in [2.45, 2.75) is 19.4 Å². The molecule has 0 aromatic heterocycles.